The molecule has 1 aromatic rings. The number of halogens is 1. The van der Waals surface area contributed by atoms with Crippen LogP contribution in [-0.2, 0) is 10.0 Å². The van der Waals surface area contributed by atoms with Crippen molar-refractivity contribution in [1.82, 2.24) is 4.31 Å². The molecular weight excluding hydrogens is 241 g/mol. The number of benzene rings is 1. The molecule has 1 aliphatic carbocycles. The second-order valence-electron chi connectivity index (χ2n) is 4.55. The Balaban J connectivity index is 2.25. The maximum Gasteiger partial charge on any atom is 0.243 e. The first-order valence-electron chi connectivity index (χ1n) is 5.66. The smallest absolute Gasteiger partial charge is 0.207 e. The van der Waals surface area contributed by atoms with Gasteiger partial charge in [-0.3, -0.25) is 0 Å². The highest BCUT2D eigenvalue weighted by molar-refractivity contribution is 7.89. The molecule has 0 aliphatic heterocycles. The van der Waals surface area contributed by atoms with Crippen LogP contribution in [0.25, 0.3) is 0 Å². The summed E-state index contributed by atoms with van der Waals surface area (Å²) in [6.45, 7) is 1.92. The molecule has 2 rings (SSSR count). The molecule has 0 heterocycles. The quantitative estimate of drug-likeness (QED) is 0.829. The van der Waals surface area contributed by atoms with Gasteiger partial charge in [0.15, 0.2) is 0 Å². The highest BCUT2D eigenvalue weighted by Gasteiger charge is 2.35. The Morgan fingerprint density at radius 2 is 1.82 bits per heavy atom. The van der Waals surface area contributed by atoms with E-state index in [1.807, 2.05) is 6.92 Å². The lowest BCUT2D eigenvalue weighted by Gasteiger charge is -2.24. The first-order valence-corrected chi connectivity index (χ1v) is 7.10. The molecule has 1 atom stereocenters. The molecule has 0 spiro atoms. The Labute approximate surface area is 101 Å². The van der Waals surface area contributed by atoms with E-state index in [1.54, 1.807) is 7.05 Å². The van der Waals surface area contributed by atoms with Crippen LogP contribution in [0.5, 0.6) is 0 Å². The van der Waals surface area contributed by atoms with Crippen LogP contribution < -0.4 is 0 Å². The molecule has 1 aliphatic rings. The molecule has 0 radical (unpaired) electrons. The van der Waals surface area contributed by atoms with Crippen LogP contribution in [0.1, 0.15) is 19.8 Å². The summed E-state index contributed by atoms with van der Waals surface area (Å²) in [5.41, 5.74) is 0. The van der Waals surface area contributed by atoms with Crippen LogP contribution in [0, 0.1) is 11.7 Å². The van der Waals surface area contributed by atoms with Gasteiger partial charge in [0.05, 0.1) is 4.90 Å². The van der Waals surface area contributed by atoms with Crippen molar-refractivity contribution in [1.29, 1.82) is 0 Å². The Hall–Kier alpha value is -0.940. The molecule has 0 bridgehead atoms. The molecule has 0 N–H and O–H groups in total. The SMILES string of the molecule is CC(C1CC1)N(C)S(=O)(=O)c1ccc(F)cc1. The zero-order chi connectivity index (χ0) is 12.6. The van der Waals surface area contributed by atoms with Gasteiger partial charge in [-0.2, -0.15) is 4.31 Å². The minimum atomic E-state index is -3.49. The van der Waals surface area contributed by atoms with Crippen molar-refractivity contribution in [3.63, 3.8) is 0 Å². The lowest BCUT2D eigenvalue weighted by molar-refractivity contribution is 0.357. The highest BCUT2D eigenvalue weighted by Crippen LogP contribution is 2.36. The van der Waals surface area contributed by atoms with Crippen molar-refractivity contribution in [3.8, 4) is 0 Å². The van der Waals surface area contributed by atoms with Gasteiger partial charge in [-0.1, -0.05) is 0 Å². The van der Waals surface area contributed by atoms with E-state index in [9.17, 15) is 12.8 Å². The predicted octanol–water partition coefficient (Wildman–Crippen LogP) is 2.24. The monoisotopic (exact) mass is 257 g/mol. The van der Waals surface area contributed by atoms with Crippen molar-refractivity contribution >= 4 is 10.0 Å². The first-order chi connectivity index (χ1) is 7.93. The van der Waals surface area contributed by atoms with Crippen LogP contribution in [0.3, 0.4) is 0 Å². The molecule has 1 fully saturated rings. The standard InChI is InChI=1S/C12H16FNO2S/c1-9(10-3-4-10)14(2)17(15,16)12-7-5-11(13)6-8-12/h5-10H,3-4H2,1-2H3. The van der Waals surface area contributed by atoms with Crippen LogP contribution in [0.15, 0.2) is 29.2 Å². The number of hydrogen-bond donors (Lipinski definition) is 0. The average molecular weight is 257 g/mol. The predicted molar refractivity (Wildman–Crippen MR) is 63.5 cm³/mol. The Bertz CT molecular complexity index is 494. The van der Waals surface area contributed by atoms with Gasteiger partial charge in [-0.25, -0.2) is 12.8 Å². The third-order valence-electron chi connectivity index (χ3n) is 3.37. The van der Waals surface area contributed by atoms with Crippen LogP contribution in [-0.4, -0.2) is 25.8 Å². The van der Waals surface area contributed by atoms with Gasteiger partial charge in [0.2, 0.25) is 10.0 Å². The van der Waals surface area contributed by atoms with Crippen molar-refractivity contribution in [2.75, 3.05) is 7.05 Å². The minimum absolute atomic E-state index is 0.00468. The van der Waals surface area contributed by atoms with Gasteiger partial charge >= 0.3 is 0 Å². The summed E-state index contributed by atoms with van der Waals surface area (Å²) in [5, 5.41) is 0. The average Bonchev–Trinajstić information content (AvgIpc) is 3.11. The molecule has 0 aromatic heterocycles. The molecule has 0 amide bonds. The molecule has 1 unspecified atom stereocenters. The van der Waals surface area contributed by atoms with Crippen molar-refractivity contribution in [2.45, 2.75) is 30.7 Å². The largest absolute Gasteiger partial charge is 0.243 e. The molecule has 5 heteroatoms. The molecule has 0 saturated heterocycles. The topological polar surface area (TPSA) is 37.4 Å². The van der Waals surface area contributed by atoms with Gasteiger partial charge in [0, 0.05) is 13.1 Å². The maximum atomic E-state index is 12.8. The van der Waals surface area contributed by atoms with Gasteiger partial charge in [0.25, 0.3) is 0 Å². The zero-order valence-electron chi connectivity index (χ0n) is 9.93. The number of nitrogens with zero attached hydrogens (tertiary/aromatic N) is 1. The summed E-state index contributed by atoms with van der Waals surface area (Å²) >= 11 is 0. The maximum absolute atomic E-state index is 12.8. The van der Waals surface area contributed by atoms with Crippen molar-refractivity contribution in [2.24, 2.45) is 5.92 Å². The summed E-state index contributed by atoms with van der Waals surface area (Å²) in [6, 6.07) is 4.96. The third kappa shape index (κ3) is 2.50. The third-order valence-corrected chi connectivity index (χ3v) is 5.33. The molecule has 17 heavy (non-hydrogen) atoms. The fourth-order valence-corrected chi connectivity index (χ4v) is 3.29. The second-order valence-corrected chi connectivity index (χ2v) is 6.55. The first kappa shape index (κ1) is 12.5. The van der Waals surface area contributed by atoms with Crippen molar-refractivity contribution in [3.05, 3.63) is 30.1 Å². The molecule has 1 aromatic carbocycles. The number of rotatable bonds is 4. The van der Waals surface area contributed by atoms with E-state index in [2.05, 4.69) is 0 Å². The van der Waals surface area contributed by atoms with E-state index >= 15 is 0 Å². The van der Waals surface area contributed by atoms with E-state index in [0.29, 0.717) is 5.92 Å². The van der Waals surface area contributed by atoms with Gasteiger partial charge in [-0.15, -0.1) is 0 Å². The fraction of sp³-hybridized carbons (Fsp3) is 0.500. The summed E-state index contributed by atoms with van der Waals surface area (Å²) in [6.07, 6.45) is 2.18. The number of sulfonamides is 1. The van der Waals surface area contributed by atoms with E-state index < -0.39 is 15.8 Å². The van der Waals surface area contributed by atoms with E-state index in [-0.39, 0.29) is 10.9 Å². The fourth-order valence-electron chi connectivity index (χ4n) is 1.87. The molecule has 3 nitrogen and oxygen atoms in total. The van der Waals surface area contributed by atoms with Gasteiger partial charge in [-0.05, 0) is 49.9 Å². The van der Waals surface area contributed by atoms with Gasteiger partial charge < -0.3 is 0 Å². The normalized spacial score (nSPS) is 18.4. The second kappa shape index (κ2) is 4.38. The lowest BCUT2D eigenvalue weighted by atomic mass is 10.2. The Morgan fingerprint density at radius 1 is 1.29 bits per heavy atom. The van der Waals surface area contributed by atoms with E-state index in [4.69, 9.17) is 0 Å². The van der Waals surface area contributed by atoms with Gasteiger partial charge in [0.1, 0.15) is 5.82 Å². The molecule has 1 saturated carbocycles. The summed E-state index contributed by atoms with van der Waals surface area (Å²) in [4.78, 5) is 0.147. The van der Waals surface area contributed by atoms with Crippen molar-refractivity contribution < 1.29 is 12.8 Å². The highest BCUT2D eigenvalue weighted by atomic mass is 32.2. The van der Waals surface area contributed by atoms with Crippen LogP contribution in [0.2, 0.25) is 0 Å². The van der Waals surface area contributed by atoms with Crippen LogP contribution in [0.4, 0.5) is 4.39 Å². The minimum Gasteiger partial charge on any atom is -0.207 e. The van der Waals surface area contributed by atoms with E-state index in [1.165, 1.54) is 28.6 Å². The lowest BCUT2D eigenvalue weighted by Crippen LogP contribution is -2.36. The van der Waals surface area contributed by atoms with E-state index in [0.717, 1.165) is 12.8 Å². The zero-order valence-corrected chi connectivity index (χ0v) is 10.7. The molecule has 94 valence electrons. The summed E-state index contributed by atoms with van der Waals surface area (Å²) in [5.74, 6) is 0.0390. The Kier molecular flexibility index (Phi) is 3.23. The Morgan fingerprint density at radius 3 is 2.29 bits per heavy atom. The summed E-state index contributed by atoms with van der Waals surface area (Å²) < 4.78 is 38.6. The molecular formula is C12H16FNO2S. The summed E-state index contributed by atoms with van der Waals surface area (Å²) in [7, 11) is -1.91. The number of hydrogen-bond acceptors (Lipinski definition) is 2. The van der Waals surface area contributed by atoms with Crippen LogP contribution >= 0.6 is 0 Å².